The van der Waals surface area contributed by atoms with Crippen LogP contribution in [-0.2, 0) is 12.8 Å². The van der Waals surface area contributed by atoms with Crippen LogP contribution in [0.15, 0.2) is 61.7 Å². The highest BCUT2D eigenvalue weighted by molar-refractivity contribution is 5.32. The molecule has 0 heterocycles. The predicted molar refractivity (Wildman–Crippen MR) is 162 cm³/mol. The van der Waals surface area contributed by atoms with Gasteiger partial charge in [0.15, 0.2) is 0 Å². The Hall–Kier alpha value is -1.82. The average Bonchev–Trinajstić information content (AvgIpc) is 3.23. The van der Waals surface area contributed by atoms with Gasteiger partial charge in [0.2, 0.25) is 0 Å². The first-order valence-electron chi connectivity index (χ1n) is 14.7. The Morgan fingerprint density at radius 3 is 1.91 bits per heavy atom. The van der Waals surface area contributed by atoms with E-state index < -0.39 is 0 Å². The van der Waals surface area contributed by atoms with Gasteiger partial charge in [-0.05, 0) is 78.0 Å². The molecule has 1 fully saturated rings. The van der Waals surface area contributed by atoms with Gasteiger partial charge in [0.05, 0.1) is 0 Å². The molecule has 0 nitrogen and oxygen atoms in total. The lowest BCUT2D eigenvalue weighted by Crippen LogP contribution is -2.00. The molecule has 0 radical (unpaired) electrons. The van der Waals surface area contributed by atoms with Gasteiger partial charge in [0, 0.05) is 0 Å². The molecule has 198 valence electrons. The fourth-order valence-electron chi connectivity index (χ4n) is 5.19. The quantitative estimate of drug-likeness (QED) is 0.235. The minimum atomic E-state index is 0.672. The number of benzene rings is 2. The fourth-order valence-corrected chi connectivity index (χ4v) is 5.19. The lowest BCUT2D eigenvalue weighted by atomic mass is 9.92. The number of hydrogen-bond donors (Lipinski definition) is 0. The van der Waals surface area contributed by atoms with Crippen LogP contribution < -0.4 is 0 Å². The van der Waals surface area contributed by atoms with Crippen LogP contribution >= 0.6 is 0 Å². The second-order valence-electron chi connectivity index (χ2n) is 9.98. The van der Waals surface area contributed by atoms with Gasteiger partial charge in [-0.1, -0.05) is 130 Å². The first kappa shape index (κ1) is 33.2. The molecule has 0 aromatic heterocycles. The van der Waals surface area contributed by atoms with Crippen molar-refractivity contribution in [2.24, 2.45) is 17.8 Å². The van der Waals surface area contributed by atoms with Crippen LogP contribution in [0, 0.1) is 17.8 Å². The molecule has 2 aromatic rings. The van der Waals surface area contributed by atoms with Crippen molar-refractivity contribution < 1.29 is 0 Å². The van der Waals surface area contributed by atoms with Gasteiger partial charge >= 0.3 is 0 Å². The van der Waals surface area contributed by atoms with Crippen LogP contribution in [0.5, 0.6) is 0 Å². The number of unbranched alkanes of at least 4 members (excludes halogenated alkanes) is 3. The van der Waals surface area contributed by atoms with Crippen molar-refractivity contribution in [1.29, 1.82) is 0 Å². The second kappa shape index (κ2) is 20.4. The molecular weight excluding hydrogens is 420 g/mol. The van der Waals surface area contributed by atoms with Crippen LogP contribution in [0.1, 0.15) is 129 Å². The van der Waals surface area contributed by atoms with Crippen molar-refractivity contribution in [3.05, 3.63) is 83.9 Å². The molecule has 3 unspecified atom stereocenters. The molecule has 1 aliphatic rings. The lowest BCUT2D eigenvalue weighted by molar-refractivity contribution is 0.457. The molecule has 0 amide bonds. The maximum absolute atomic E-state index is 3.00. The standard InChI is InChI=1S/C29H42.2C2H6.C2H4/c1-5-6-7-8-10-22(2)29-12-9-11-27(21-29)19-25-13-15-26(16-14-25)20-28-17-23(3)24(4)18-28;3*1-2/h9,11-16,21-24,28H,5-8,10,17-20H2,1-4H3;2*1-2H3;1-2H2/t22?,23-,24?,28?;;;/m0.../s1. The van der Waals surface area contributed by atoms with Crippen molar-refractivity contribution in [3.63, 3.8) is 0 Å². The van der Waals surface area contributed by atoms with Gasteiger partial charge in [0.25, 0.3) is 0 Å². The van der Waals surface area contributed by atoms with Gasteiger partial charge in [-0.25, -0.2) is 0 Å². The third kappa shape index (κ3) is 12.6. The van der Waals surface area contributed by atoms with Crippen LogP contribution in [-0.4, -0.2) is 0 Å². The van der Waals surface area contributed by atoms with E-state index in [4.69, 9.17) is 0 Å². The highest BCUT2D eigenvalue weighted by atomic mass is 14.3. The Kier molecular flexibility index (Phi) is 19.3. The first-order valence-corrected chi connectivity index (χ1v) is 14.7. The van der Waals surface area contributed by atoms with Crippen molar-refractivity contribution in [1.82, 2.24) is 0 Å². The SMILES string of the molecule is C=C.CC.CC.CCCCCCC(C)c1cccc(Cc2ccc(CC3CC(C)[C@@H](C)C3)cc2)c1. The van der Waals surface area contributed by atoms with E-state index in [0.717, 1.165) is 24.2 Å². The van der Waals surface area contributed by atoms with E-state index in [1.54, 1.807) is 0 Å². The summed E-state index contributed by atoms with van der Waals surface area (Å²) >= 11 is 0. The summed E-state index contributed by atoms with van der Waals surface area (Å²) in [5.74, 6) is 3.37. The van der Waals surface area contributed by atoms with E-state index in [9.17, 15) is 0 Å². The zero-order valence-electron chi connectivity index (χ0n) is 24.7. The number of hydrogen-bond acceptors (Lipinski definition) is 0. The monoisotopic (exact) mass is 478 g/mol. The van der Waals surface area contributed by atoms with Crippen molar-refractivity contribution >= 4 is 0 Å². The first-order chi connectivity index (χ1) is 17.0. The van der Waals surface area contributed by atoms with Crippen molar-refractivity contribution in [2.75, 3.05) is 0 Å². The molecule has 3 rings (SSSR count). The Morgan fingerprint density at radius 2 is 1.34 bits per heavy atom. The molecule has 0 spiro atoms. The maximum atomic E-state index is 3.00. The molecule has 0 saturated heterocycles. The third-order valence-electron chi connectivity index (χ3n) is 7.35. The maximum Gasteiger partial charge on any atom is -0.00257 e. The van der Waals surface area contributed by atoms with E-state index >= 15 is 0 Å². The molecular formula is C35H58. The number of rotatable bonds is 10. The van der Waals surface area contributed by atoms with Crippen LogP contribution in [0.2, 0.25) is 0 Å². The summed E-state index contributed by atoms with van der Waals surface area (Å²) in [5, 5.41) is 0. The van der Waals surface area contributed by atoms with E-state index in [1.807, 2.05) is 27.7 Å². The summed E-state index contributed by atoms with van der Waals surface area (Å²) in [6.45, 7) is 23.5. The molecule has 1 aliphatic carbocycles. The van der Waals surface area contributed by atoms with Gasteiger partial charge < -0.3 is 0 Å². The van der Waals surface area contributed by atoms with E-state index in [-0.39, 0.29) is 0 Å². The normalized spacial score (nSPS) is 19.3. The Labute approximate surface area is 220 Å². The molecule has 1 saturated carbocycles. The third-order valence-corrected chi connectivity index (χ3v) is 7.35. The minimum absolute atomic E-state index is 0.672. The topological polar surface area (TPSA) is 0 Å². The minimum Gasteiger partial charge on any atom is -0.106 e. The van der Waals surface area contributed by atoms with E-state index in [2.05, 4.69) is 89.4 Å². The summed E-state index contributed by atoms with van der Waals surface area (Å²) in [4.78, 5) is 0. The highest BCUT2D eigenvalue weighted by Crippen LogP contribution is 2.37. The smallest absolute Gasteiger partial charge is 0.00257 e. The second-order valence-corrected chi connectivity index (χ2v) is 9.98. The van der Waals surface area contributed by atoms with Crippen LogP contribution in [0.25, 0.3) is 0 Å². The van der Waals surface area contributed by atoms with Gasteiger partial charge in [-0.2, -0.15) is 0 Å². The summed E-state index contributed by atoms with van der Waals surface area (Å²) in [7, 11) is 0. The van der Waals surface area contributed by atoms with Crippen molar-refractivity contribution in [2.45, 2.75) is 119 Å². The summed E-state index contributed by atoms with van der Waals surface area (Å²) in [5.41, 5.74) is 5.93. The molecule has 0 bridgehead atoms. The zero-order valence-corrected chi connectivity index (χ0v) is 24.7. The Morgan fingerprint density at radius 1 is 0.771 bits per heavy atom. The highest BCUT2D eigenvalue weighted by Gasteiger charge is 2.27. The molecule has 35 heavy (non-hydrogen) atoms. The predicted octanol–water partition coefficient (Wildman–Crippen LogP) is 11.4. The molecule has 0 heteroatoms. The average molecular weight is 479 g/mol. The van der Waals surface area contributed by atoms with Crippen LogP contribution in [0.4, 0.5) is 0 Å². The van der Waals surface area contributed by atoms with Crippen molar-refractivity contribution in [3.8, 4) is 0 Å². The van der Waals surface area contributed by atoms with E-state index in [0.29, 0.717) is 5.92 Å². The Balaban J connectivity index is 0.00000179. The van der Waals surface area contributed by atoms with E-state index in [1.165, 1.54) is 73.6 Å². The summed E-state index contributed by atoms with van der Waals surface area (Å²) in [6.07, 6.45) is 11.9. The molecule has 0 N–H and O–H groups in total. The molecule has 2 aromatic carbocycles. The lowest BCUT2D eigenvalue weighted by Gasteiger charge is -2.14. The summed E-state index contributed by atoms with van der Waals surface area (Å²) < 4.78 is 0. The van der Waals surface area contributed by atoms with Gasteiger partial charge in [-0.3, -0.25) is 0 Å². The largest absolute Gasteiger partial charge is 0.106 e. The Bertz CT molecular complexity index is 731. The molecule has 0 aliphatic heterocycles. The fraction of sp³-hybridized carbons (Fsp3) is 0.600. The zero-order chi connectivity index (χ0) is 26.6. The summed E-state index contributed by atoms with van der Waals surface area (Å²) in [6, 6.07) is 18.8. The van der Waals surface area contributed by atoms with Gasteiger partial charge in [-0.15, -0.1) is 13.2 Å². The van der Waals surface area contributed by atoms with Gasteiger partial charge in [0.1, 0.15) is 0 Å². The molecule has 4 atom stereocenters. The van der Waals surface area contributed by atoms with Crippen LogP contribution in [0.3, 0.4) is 0 Å².